The lowest BCUT2D eigenvalue weighted by Crippen LogP contribution is -2.47. The van der Waals surface area contributed by atoms with Gasteiger partial charge in [0.15, 0.2) is 0 Å². The number of carbonyl (C=O) groups excluding carboxylic acids is 2. The lowest BCUT2D eigenvalue weighted by atomic mass is 10.1. The maximum atomic E-state index is 13.0. The van der Waals surface area contributed by atoms with Crippen LogP contribution in [-0.2, 0) is 26.2 Å². The number of aryl methyl sites for hydroxylation is 2. The van der Waals surface area contributed by atoms with E-state index in [1.807, 2.05) is 6.92 Å². The minimum Gasteiger partial charge on any atom is -0.467 e. The number of furan rings is 1. The summed E-state index contributed by atoms with van der Waals surface area (Å²) < 4.78 is 31.8. The van der Waals surface area contributed by atoms with Gasteiger partial charge < -0.3 is 9.73 Å². The second kappa shape index (κ2) is 6.95. The molecule has 8 heteroatoms. The van der Waals surface area contributed by atoms with Crippen LogP contribution in [0.15, 0.2) is 45.9 Å². The van der Waals surface area contributed by atoms with Crippen LogP contribution in [-0.4, -0.2) is 30.6 Å². The Morgan fingerprint density at radius 2 is 2.04 bits per heavy atom. The van der Waals surface area contributed by atoms with Crippen LogP contribution in [0.25, 0.3) is 0 Å². The van der Waals surface area contributed by atoms with Crippen molar-refractivity contribution < 1.29 is 22.4 Å². The topological polar surface area (TPSA) is 96.7 Å². The minimum absolute atomic E-state index is 0.0136. The molecule has 0 unspecified atom stereocenters. The highest BCUT2D eigenvalue weighted by atomic mass is 32.2. The molecule has 2 amide bonds. The predicted molar refractivity (Wildman–Crippen MR) is 93.5 cm³/mol. The highest BCUT2D eigenvalue weighted by molar-refractivity contribution is 7.89. The van der Waals surface area contributed by atoms with E-state index in [0.29, 0.717) is 10.1 Å². The quantitative estimate of drug-likeness (QED) is 0.860. The molecule has 1 aliphatic rings. The molecule has 1 aliphatic heterocycles. The molecule has 1 aromatic carbocycles. The van der Waals surface area contributed by atoms with Crippen molar-refractivity contribution in [2.24, 2.45) is 0 Å². The summed E-state index contributed by atoms with van der Waals surface area (Å²) in [6.45, 7) is 3.80. The lowest BCUT2D eigenvalue weighted by molar-refractivity contribution is -0.130. The summed E-state index contributed by atoms with van der Waals surface area (Å²) in [6, 6.07) is 7.01. The van der Waals surface area contributed by atoms with Crippen LogP contribution < -0.4 is 5.32 Å². The molecular formula is C18H20N2O5S. The molecule has 7 nitrogen and oxygen atoms in total. The van der Waals surface area contributed by atoms with Crippen LogP contribution in [0.2, 0.25) is 0 Å². The molecule has 0 spiro atoms. The summed E-state index contributed by atoms with van der Waals surface area (Å²) in [7, 11) is -4.09. The van der Waals surface area contributed by atoms with Crippen molar-refractivity contribution >= 4 is 21.8 Å². The molecule has 2 aromatic rings. The first kappa shape index (κ1) is 18.2. The molecule has 2 heterocycles. The first-order valence-electron chi connectivity index (χ1n) is 8.25. The van der Waals surface area contributed by atoms with Crippen molar-refractivity contribution in [3.8, 4) is 0 Å². The highest BCUT2D eigenvalue weighted by Gasteiger charge is 2.44. The summed E-state index contributed by atoms with van der Waals surface area (Å²) in [5.74, 6) is -0.535. The Hall–Kier alpha value is -2.61. The third-order valence-electron chi connectivity index (χ3n) is 4.52. The second-order valence-electron chi connectivity index (χ2n) is 6.29. The van der Waals surface area contributed by atoms with Crippen molar-refractivity contribution in [1.29, 1.82) is 0 Å². The van der Waals surface area contributed by atoms with Gasteiger partial charge in [-0.3, -0.25) is 9.59 Å². The molecule has 1 N–H and O–H groups in total. The smallest absolute Gasteiger partial charge is 0.267 e. The Labute approximate surface area is 152 Å². The number of carbonyl (C=O) groups is 2. The SMILES string of the molecule is Cc1ccc(S(=O)(=O)N2C(=O)CC[C@H]2C(=O)NCc2ccco2)cc1C. The lowest BCUT2D eigenvalue weighted by Gasteiger charge is -2.24. The summed E-state index contributed by atoms with van der Waals surface area (Å²) in [6.07, 6.45) is 1.66. The fourth-order valence-electron chi connectivity index (χ4n) is 2.89. The van der Waals surface area contributed by atoms with E-state index in [1.54, 1.807) is 25.1 Å². The van der Waals surface area contributed by atoms with Crippen LogP contribution in [0.3, 0.4) is 0 Å². The van der Waals surface area contributed by atoms with E-state index in [0.717, 1.165) is 11.1 Å². The summed E-state index contributed by atoms with van der Waals surface area (Å²) in [5.41, 5.74) is 1.75. The van der Waals surface area contributed by atoms with Gasteiger partial charge in [-0.2, -0.15) is 0 Å². The van der Waals surface area contributed by atoms with Gasteiger partial charge in [0.25, 0.3) is 10.0 Å². The summed E-state index contributed by atoms with van der Waals surface area (Å²) >= 11 is 0. The van der Waals surface area contributed by atoms with Gasteiger partial charge in [0, 0.05) is 6.42 Å². The maximum Gasteiger partial charge on any atom is 0.267 e. The third-order valence-corrected chi connectivity index (χ3v) is 6.34. The Kier molecular flexibility index (Phi) is 4.86. The van der Waals surface area contributed by atoms with E-state index >= 15 is 0 Å². The van der Waals surface area contributed by atoms with E-state index in [9.17, 15) is 18.0 Å². The molecule has 3 rings (SSSR count). The van der Waals surface area contributed by atoms with Gasteiger partial charge in [0.2, 0.25) is 11.8 Å². The van der Waals surface area contributed by atoms with Gasteiger partial charge >= 0.3 is 0 Å². The number of nitrogens with zero attached hydrogens (tertiary/aromatic N) is 1. The Bertz CT molecular complexity index is 934. The van der Waals surface area contributed by atoms with Crippen LogP contribution in [0.5, 0.6) is 0 Å². The van der Waals surface area contributed by atoms with Crippen molar-refractivity contribution in [2.45, 2.75) is 44.2 Å². The van der Waals surface area contributed by atoms with Crippen molar-refractivity contribution in [2.75, 3.05) is 0 Å². The molecule has 26 heavy (non-hydrogen) atoms. The molecule has 0 radical (unpaired) electrons. The number of rotatable bonds is 5. The van der Waals surface area contributed by atoms with Gasteiger partial charge in [-0.15, -0.1) is 0 Å². The molecule has 0 bridgehead atoms. The summed E-state index contributed by atoms with van der Waals surface area (Å²) in [5, 5.41) is 2.63. The number of amides is 2. The number of benzene rings is 1. The van der Waals surface area contributed by atoms with Crippen LogP contribution in [0.1, 0.15) is 29.7 Å². The zero-order valence-corrected chi connectivity index (χ0v) is 15.4. The Morgan fingerprint density at radius 3 is 2.69 bits per heavy atom. The zero-order chi connectivity index (χ0) is 18.9. The van der Waals surface area contributed by atoms with Gasteiger partial charge in [-0.1, -0.05) is 6.07 Å². The maximum absolute atomic E-state index is 13.0. The van der Waals surface area contributed by atoms with E-state index in [2.05, 4.69) is 5.32 Å². The summed E-state index contributed by atoms with van der Waals surface area (Å²) in [4.78, 5) is 24.7. The average Bonchev–Trinajstić information content (AvgIpc) is 3.24. The van der Waals surface area contributed by atoms with Gasteiger partial charge in [0.05, 0.1) is 17.7 Å². The molecule has 0 aliphatic carbocycles. The standard InChI is InChI=1S/C18H20N2O5S/c1-12-5-6-15(10-13(12)2)26(23,24)20-16(7-8-17(20)21)18(22)19-11-14-4-3-9-25-14/h3-6,9-10,16H,7-8,11H2,1-2H3,(H,19,22)/t16-/m0/s1. The minimum atomic E-state index is -4.09. The molecule has 0 saturated carbocycles. The fraction of sp³-hybridized carbons (Fsp3) is 0.333. The van der Waals surface area contributed by atoms with Crippen molar-refractivity contribution in [1.82, 2.24) is 9.62 Å². The highest BCUT2D eigenvalue weighted by Crippen LogP contribution is 2.28. The van der Waals surface area contributed by atoms with Crippen molar-refractivity contribution in [3.63, 3.8) is 0 Å². The van der Waals surface area contributed by atoms with Crippen LogP contribution in [0.4, 0.5) is 0 Å². The largest absolute Gasteiger partial charge is 0.467 e. The monoisotopic (exact) mass is 376 g/mol. The van der Waals surface area contributed by atoms with Gasteiger partial charge in [-0.25, -0.2) is 12.7 Å². The number of nitrogens with one attached hydrogen (secondary N) is 1. The molecule has 1 aromatic heterocycles. The predicted octanol–water partition coefficient (Wildman–Crippen LogP) is 1.89. The normalized spacial score (nSPS) is 17.5. The number of sulfonamides is 1. The molecular weight excluding hydrogens is 356 g/mol. The number of hydrogen-bond donors (Lipinski definition) is 1. The molecule has 138 valence electrons. The van der Waals surface area contributed by atoms with E-state index in [-0.39, 0.29) is 24.3 Å². The first-order chi connectivity index (χ1) is 12.3. The third kappa shape index (κ3) is 3.37. The second-order valence-corrected chi connectivity index (χ2v) is 8.11. The van der Waals surface area contributed by atoms with E-state index < -0.39 is 27.9 Å². The van der Waals surface area contributed by atoms with Crippen LogP contribution >= 0.6 is 0 Å². The van der Waals surface area contributed by atoms with Crippen molar-refractivity contribution in [3.05, 3.63) is 53.5 Å². The fourth-order valence-corrected chi connectivity index (χ4v) is 4.58. The Morgan fingerprint density at radius 1 is 1.27 bits per heavy atom. The molecule has 1 atom stereocenters. The van der Waals surface area contributed by atoms with Crippen LogP contribution in [0, 0.1) is 13.8 Å². The Balaban J connectivity index is 1.84. The molecule has 1 fully saturated rings. The zero-order valence-electron chi connectivity index (χ0n) is 14.6. The van der Waals surface area contributed by atoms with E-state index in [1.165, 1.54) is 18.4 Å². The van der Waals surface area contributed by atoms with E-state index in [4.69, 9.17) is 4.42 Å². The van der Waals surface area contributed by atoms with Gasteiger partial charge in [0.1, 0.15) is 11.8 Å². The molecule has 1 saturated heterocycles. The van der Waals surface area contributed by atoms with Gasteiger partial charge in [-0.05, 0) is 55.7 Å². The average molecular weight is 376 g/mol. The first-order valence-corrected chi connectivity index (χ1v) is 9.69. The number of hydrogen-bond acceptors (Lipinski definition) is 5.